The van der Waals surface area contributed by atoms with Crippen molar-refractivity contribution in [2.45, 2.75) is 91.1 Å². The fourth-order valence-corrected chi connectivity index (χ4v) is 4.35. The van der Waals surface area contributed by atoms with Crippen molar-refractivity contribution in [1.82, 2.24) is 15.5 Å². The number of amides is 3. The minimum absolute atomic E-state index is 0.182. The number of benzene rings is 1. The summed E-state index contributed by atoms with van der Waals surface area (Å²) in [5, 5.41) is 16.0. The van der Waals surface area contributed by atoms with Gasteiger partial charge in [-0.15, -0.1) is 0 Å². The van der Waals surface area contributed by atoms with Crippen molar-refractivity contribution in [2.24, 2.45) is 5.92 Å². The molecule has 1 saturated heterocycles. The number of aliphatic hydroxyl groups is 1. The molecule has 34 heavy (non-hydrogen) atoms. The lowest BCUT2D eigenvalue weighted by Crippen LogP contribution is -2.49. The molecule has 1 fully saturated rings. The van der Waals surface area contributed by atoms with Crippen LogP contribution < -0.4 is 10.6 Å². The van der Waals surface area contributed by atoms with E-state index in [4.69, 9.17) is 16.3 Å². The van der Waals surface area contributed by atoms with Gasteiger partial charge in [0, 0.05) is 18.1 Å². The summed E-state index contributed by atoms with van der Waals surface area (Å²) in [6.45, 7) is 10.6. The molecule has 9 heteroatoms. The van der Waals surface area contributed by atoms with Gasteiger partial charge < -0.3 is 15.2 Å². The smallest absolute Gasteiger partial charge is 0.407 e. The molecule has 1 aromatic rings. The van der Waals surface area contributed by atoms with Crippen molar-refractivity contribution in [3.63, 3.8) is 0 Å². The van der Waals surface area contributed by atoms with Gasteiger partial charge in [0.15, 0.2) is 0 Å². The van der Waals surface area contributed by atoms with Crippen molar-refractivity contribution in [2.75, 3.05) is 6.54 Å². The Hall–Kier alpha value is -2.16. The van der Waals surface area contributed by atoms with E-state index in [-0.39, 0.29) is 12.5 Å². The highest BCUT2D eigenvalue weighted by molar-refractivity contribution is 6.30. The molecule has 1 aliphatic rings. The van der Waals surface area contributed by atoms with Gasteiger partial charge in [0.25, 0.3) is 5.91 Å². The number of nitrogens with zero attached hydrogens (tertiary/aromatic N) is 1. The number of ether oxygens (including phenoxy) is 1. The fourth-order valence-electron chi connectivity index (χ4n) is 4.15. The van der Waals surface area contributed by atoms with E-state index in [1.807, 2.05) is 30.9 Å². The van der Waals surface area contributed by atoms with Crippen LogP contribution in [0.4, 0.5) is 4.79 Å². The van der Waals surface area contributed by atoms with Gasteiger partial charge in [-0.05, 0) is 69.3 Å². The van der Waals surface area contributed by atoms with Crippen LogP contribution in [0.3, 0.4) is 0 Å². The monoisotopic (exact) mass is 495 g/mol. The number of nitrogens with one attached hydrogen (secondary N) is 2. The van der Waals surface area contributed by atoms with E-state index >= 15 is 0 Å². The Labute approximate surface area is 207 Å². The topological polar surface area (TPSA) is 108 Å². The zero-order valence-corrected chi connectivity index (χ0v) is 21.6. The van der Waals surface area contributed by atoms with Crippen molar-refractivity contribution in [3.05, 3.63) is 34.3 Å². The van der Waals surface area contributed by atoms with Gasteiger partial charge in [-0.25, -0.2) is 4.79 Å². The third kappa shape index (κ3) is 8.25. The molecule has 8 nitrogen and oxygen atoms in total. The number of hydrogen-bond acceptors (Lipinski definition) is 6. The summed E-state index contributed by atoms with van der Waals surface area (Å²) in [5.41, 5.74) is 1.15. The summed E-state index contributed by atoms with van der Waals surface area (Å²) in [7, 11) is 0. The molecule has 1 unspecified atom stereocenters. The summed E-state index contributed by atoms with van der Waals surface area (Å²) in [4.78, 5) is 39.4. The molecule has 0 spiro atoms. The number of halogens is 1. The normalized spacial score (nSPS) is 17.5. The standard InChI is InChI=1S/C25H38ClN3O5/c1-6-16(7-2)21(30)23(32)28-22(31)20-9-8-12-29(20)15-18-13-19(26)11-10-17(18)14-27-24(33)34-25(3,4)5/h10-11,13,16,20-21,30H,6-9,12,14-15H2,1-5H3,(H,27,33)(H,28,31,32)/t20-,21?/m0/s1. The zero-order chi connectivity index (χ0) is 25.5. The van der Waals surface area contributed by atoms with Crippen LogP contribution in [0.25, 0.3) is 0 Å². The molecule has 0 saturated carbocycles. The lowest BCUT2D eigenvalue weighted by molar-refractivity contribution is -0.139. The molecule has 0 radical (unpaired) electrons. The van der Waals surface area contributed by atoms with E-state index in [0.717, 1.165) is 17.5 Å². The lowest BCUT2D eigenvalue weighted by Gasteiger charge is -2.26. The Morgan fingerprint density at radius 3 is 2.50 bits per heavy atom. The van der Waals surface area contributed by atoms with E-state index in [9.17, 15) is 19.5 Å². The van der Waals surface area contributed by atoms with Gasteiger partial charge in [-0.1, -0.05) is 44.4 Å². The number of imide groups is 1. The molecule has 1 heterocycles. The molecular formula is C25H38ClN3O5. The maximum Gasteiger partial charge on any atom is 0.407 e. The molecule has 0 aliphatic carbocycles. The van der Waals surface area contributed by atoms with Crippen LogP contribution in [0.1, 0.15) is 71.4 Å². The van der Waals surface area contributed by atoms with Crippen LogP contribution in [0.15, 0.2) is 18.2 Å². The van der Waals surface area contributed by atoms with Gasteiger partial charge in [0.2, 0.25) is 5.91 Å². The van der Waals surface area contributed by atoms with E-state index in [2.05, 4.69) is 10.6 Å². The number of alkyl carbamates (subject to hydrolysis) is 1. The fraction of sp³-hybridized carbons (Fsp3) is 0.640. The van der Waals surface area contributed by atoms with Crippen molar-refractivity contribution >= 4 is 29.5 Å². The maximum atomic E-state index is 12.9. The second-order valence-corrected chi connectivity index (χ2v) is 10.2. The first-order chi connectivity index (χ1) is 15.9. The molecular weight excluding hydrogens is 458 g/mol. The quantitative estimate of drug-likeness (QED) is 0.481. The van der Waals surface area contributed by atoms with Gasteiger partial charge in [0.1, 0.15) is 11.7 Å². The second-order valence-electron chi connectivity index (χ2n) is 9.77. The number of carbonyl (C=O) groups excluding carboxylic acids is 3. The average molecular weight is 496 g/mol. The molecule has 0 bridgehead atoms. The van der Waals surface area contributed by atoms with Gasteiger partial charge in [-0.2, -0.15) is 0 Å². The minimum atomic E-state index is -1.20. The largest absolute Gasteiger partial charge is 0.444 e. The third-order valence-electron chi connectivity index (χ3n) is 6.04. The molecule has 190 valence electrons. The summed E-state index contributed by atoms with van der Waals surface area (Å²) in [6, 6.07) is 4.94. The zero-order valence-electron chi connectivity index (χ0n) is 20.8. The molecule has 3 N–H and O–H groups in total. The molecule has 2 rings (SSSR count). The first kappa shape index (κ1) is 28.1. The molecule has 1 aromatic carbocycles. The molecule has 1 aliphatic heterocycles. The highest BCUT2D eigenvalue weighted by Crippen LogP contribution is 2.24. The second kappa shape index (κ2) is 12.5. The average Bonchev–Trinajstić information content (AvgIpc) is 3.21. The predicted molar refractivity (Wildman–Crippen MR) is 131 cm³/mol. The summed E-state index contributed by atoms with van der Waals surface area (Å²) < 4.78 is 5.30. The minimum Gasteiger partial charge on any atom is -0.444 e. The van der Waals surface area contributed by atoms with E-state index in [0.29, 0.717) is 37.4 Å². The van der Waals surface area contributed by atoms with Crippen LogP contribution in [0.5, 0.6) is 0 Å². The van der Waals surface area contributed by atoms with Crippen LogP contribution in [-0.4, -0.2) is 52.2 Å². The van der Waals surface area contributed by atoms with Crippen LogP contribution in [0, 0.1) is 5.92 Å². The number of carbonyl (C=O) groups is 3. The summed E-state index contributed by atoms with van der Waals surface area (Å²) >= 11 is 6.23. The van der Waals surface area contributed by atoms with Crippen LogP contribution >= 0.6 is 11.6 Å². The Kier molecular flexibility index (Phi) is 10.3. The van der Waals surface area contributed by atoms with Crippen LogP contribution in [-0.2, 0) is 27.4 Å². The van der Waals surface area contributed by atoms with E-state index in [1.165, 1.54) is 0 Å². The van der Waals surface area contributed by atoms with Crippen molar-refractivity contribution in [1.29, 1.82) is 0 Å². The summed E-state index contributed by atoms with van der Waals surface area (Å²) in [5.74, 6) is -1.22. The number of likely N-dealkylation sites (tertiary alicyclic amines) is 1. The summed E-state index contributed by atoms with van der Waals surface area (Å²) in [6.07, 6.45) is 1.03. The first-order valence-corrected chi connectivity index (χ1v) is 12.3. The molecule has 2 atom stereocenters. The molecule has 3 amide bonds. The lowest BCUT2D eigenvalue weighted by atomic mass is 9.96. The van der Waals surface area contributed by atoms with Gasteiger partial charge >= 0.3 is 6.09 Å². The third-order valence-corrected chi connectivity index (χ3v) is 6.28. The van der Waals surface area contributed by atoms with E-state index < -0.39 is 35.7 Å². The molecule has 0 aromatic heterocycles. The Bertz CT molecular complexity index is 867. The van der Waals surface area contributed by atoms with Crippen molar-refractivity contribution in [3.8, 4) is 0 Å². The number of rotatable bonds is 9. The Morgan fingerprint density at radius 2 is 1.88 bits per heavy atom. The number of hydrogen-bond donors (Lipinski definition) is 3. The van der Waals surface area contributed by atoms with Crippen molar-refractivity contribution < 1.29 is 24.2 Å². The SMILES string of the molecule is CCC(CC)C(O)C(=O)NC(=O)[C@@H]1CCCN1Cc1cc(Cl)ccc1CNC(=O)OC(C)(C)C. The van der Waals surface area contributed by atoms with Gasteiger partial charge in [0.05, 0.1) is 6.04 Å². The van der Waals surface area contributed by atoms with Gasteiger partial charge in [-0.3, -0.25) is 19.8 Å². The first-order valence-electron chi connectivity index (χ1n) is 12.0. The Balaban J connectivity index is 2.06. The van der Waals surface area contributed by atoms with Crippen LogP contribution in [0.2, 0.25) is 5.02 Å². The van der Waals surface area contributed by atoms with E-state index in [1.54, 1.807) is 26.8 Å². The number of aliphatic hydroxyl groups excluding tert-OH is 1. The maximum absolute atomic E-state index is 12.9. The predicted octanol–water partition coefficient (Wildman–Crippen LogP) is 3.77. The highest BCUT2D eigenvalue weighted by Gasteiger charge is 2.34. The Morgan fingerprint density at radius 1 is 1.21 bits per heavy atom. The highest BCUT2D eigenvalue weighted by atomic mass is 35.5.